The molecule has 0 unspecified atom stereocenters. The highest BCUT2D eigenvalue weighted by molar-refractivity contribution is 5.97. The third-order valence-electron chi connectivity index (χ3n) is 4.23. The molecule has 0 aliphatic carbocycles. The van der Waals surface area contributed by atoms with Crippen molar-refractivity contribution in [2.75, 3.05) is 20.2 Å². The molecule has 0 radical (unpaired) electrons. The number of phenolic OH excluding ortho intramolecular Hbond substituents is 1. The Hall–Kier alpha value is -2.24. The number of nitrogens with zero attached hydrogens (tertiary/aromatic N) is 1. The summed E-state index contributed by atoms with van der Waals surface area (Å²) in [6.45, 7) is 3.32. The van der Waals surface area contributed by atoms with E-state index in [0.29, 0.717) is 25.1 Å². The van der Waals surface area contributed by atoms with Crippen molar-refractivity contribution in [3.8, 4) is 11.5 Å². The first-order valence-electron chi connectivity index (χ1n) is 8.01. The number of phenols is 1. The number of benzene rings is 1. The molecule has 0 spiro atoms. The number of carbonyl (C=O) groups is 2. The lowest BCUT2D eigenvalue weighted by Crippen LogP contribution is -2.38. The van der Waals surface area contributed by atoms with E-state index in [1.165, 1.54) is 19.2 Å². The summed E-state index contributed by atoms with van der Waals surface area (Å²) < 4.78 is 4.99. The largest absolute Gasteiger partial charge is 0.507 e. The third kappa shape index (κ3) is 4.15. The van der Waals surface area contributed by atoms with Crippen LogP contribution in [0.2, 0.25) is 0 Å². The van der Waals surface area contributed by atoms with Crippen molar-refractivity contribution >= 4 is 11.8 Å². The van der Waals surface area contributed by atoms with Gasteiger partial charge < -0.3 is 20.1 Å². The summed E-state index contributed by atoms with van der Waals surface area (Å²) >= 11 is 0. The molecule has 0 bridgehead atoms. The summed E-state index contributed by atoms with van der Waals surface area (Å²) in [7, 11) is 1.50. The summed E-state index contributed by atoms with van der Waals surface area (Å²) in [6.07, 6.45) is 3.13. The molecule has 1 aromatic rings. The maximum atomic E-state index is 12.1. The van der Waals surface area contributed by atoms with Gasteiger partial charge in [-0.25, -0.2) is 0 Å². The van der Waals surface area contributed by atoms with Gasteiger partial charge >= 0.3 is 0 Å². The van der Waals surface area contributed by atoms with Crippen molar-refractivity contribution in [3.63, 3.8) is 0 Å². The van der Waals surface area contributed by atoms with Crippen molar-refractivity contribution in [1.82, 2.24) is 10.2 Å². The molecule has 1 aliphatic heterocycles. The lowest BCUT2D eigenvalue weighted by molar-refractivity contribution is -0.129. The Labute approximate surface area is 136 Å². The van der Waals surface area contributed by atoms with Crippen LogP contribution in [-0.2, 0) is 4.79 Å². The molecule has 23 heavy (non-hydrogen) atoms. The Kier molecular flexibility index (Phi) is 5.84. The van der Waals surface area contributed by atoms with Crippen LogP contribution in [0.5, 0.6) is 11.5 Å². The molecule has 0 saturated carbocycles. The summed E-state index contributed by atoms with van der Waals surface area (Å²) in [5.41, 5.74) is 0.219. The van der Waals surface area contributed by atoms with Gasteiger partial charge in [-0.2, -0.15) is 0 Å². The maximum Gasteiger partial charge on any atom is 0.255 e. The van der Waals surface area contributed by atoms with Crippen LogP contribution >= 0.6 is 0 Å². The second-order valence-electron chi connectivity index (χ2n) is 5.68. The van der Waals surface area contributed by atoms with Crippen LogP contribution in [0.4, 0.5) is 0 Å². The predicted octanol–water partition coefficient (Wildman–Crippen LogP) is 1.92. The fourth-order valence-electron chi connectivity index (χ4n) is 2.91. The average Bonchev–Trinajstić information content (AvgIpc) is 2.97. The molecular weight excluding hydrogens is 296 g/mol. The minimum atomic E-state index is -0.326. The van der Waals surface area contributed by atoms with Gasteiger partial charge in [-0.1, -0.05) is 6.92 Å². The van der Waals surface area contributed by atoms with E-state index in [-0.39, 0.29) is 29.2 Å². The molecule has 1 fully saturated rings. The highest BCUT2D eigenvalue weighted by atomic mass is 16.5. The number of ether oxygens (including phenoxy) is 1. The number of amides is 2. The molecule has 1 aromatic carbocycles. The number of nitrogens with one attached hydrogen (secondary N) is 1. The second-order valence-corrected chi connectivity index (χ2v) is 5.68. The Balaban J connectivity index is 1.87. The van der Waals surface area contributed by atoms with Crippen LogP contribution in [0, 0.1) is 0 Å². The Morgan fingerprint density at radius 2 is 2.26 bits per heavy atom. The molecule has 2 amide bonds. The Morgan fingerprint density at radius 3 is 2.83 bits per heavy atom. The zero-order valence-corrected chi connectivity index (χ0v) is 13.7. The summed E-state index contributed by atoms with van der Waals surface area (Å²) in [5, 5.41) is 12.7. The molecule has 1 atom stereocenters. The fourth-order valence-corrected chi connectivity index (χ4v) is 2.91. The number of rotatable bonds is 7. The van der Waals surface area contributed by atoms with E-state index in [1.54, 1.807) is 6.07 Å². The molecule has 6 heteroatoms. The van der Waals surface area contributed by atoms with Gasteiger partial charge in [0.05, 0.1) is 12.7 Å². The minimum Gasteiger partial charge on any atom is -0.507 e. The van der Waals surface area contributed by atoms with E-state index in [0.717, 1.165) is 19.4 Å². The number of carbonyl (C=O) groups excluding carboxylic acids is 2. The number of likely N-dealkylation sites (tertiary alicyclic amines) is 1. The van der Waals surface area contributed by atoms with Gasteiger partial charge in [0, 0.05) is 31.6 Å². The number of aromatic hydroxyl groups is 1. The lowest BCUT2D eigenvalue weighted by Gasteiger charge is -2.26. The van der Waals surface area contributed by atoms with E-state index in [1.807, 2.05) is 11.8 Å². The SMILES string of the molecule is CC[C@H](CCNC(=O)c1ccc(OC)cc1O)N1CCCC1=O. The van der Waals surface area contributed by atoms with E-state index in [2.05, 4.69) is 5.32 Å². The van der Waals surface area contributed by atoms with Gasteiger partial charge in [-0.05, 0) is 31.4 Å². The van der Waals surface area contributed by atoms with Crippen molar-refractivity contribution < 1.29 is 19.4 Å². The van der Waals surface area contributed by atoms with E-state index < -0.39 is 0 Å². The maximum absolute atomic E-state index is 12.1. The van der Waals surface area contributed by atoms with Crippen molar-refractivity contribution in [2.45, 2.75) is 38.6 Å². The van der Waals surface area contributed by atoms with Crippen molar-refractivity contribution in [3.05, 3.63) is 23.8 Å². The predicted molar refractivity (Wildman–Crippen MR) is 86.6 cm³/mol. The standard InChI is InChI=1S/C17H24N2O4/c1-3-12(19-10-4-5-16(19)21)8-9-18-17(22)14-7-6-13(23-2)11-15(14)20/h6-7,11-12,20H,3-5,8-10H2,1-2H3,(H,18,22)/t12-/m1/s1. The third-order valence-corrected chi connectivity index (χ3v) is 4.23. The average molecular weight is 320 g/mol. The van der Waals surface area contributed by atoms with E-state index in [4.69, 9.17) is 4.74 Å². The smallest absolute Gasteiger partial charge is 0.255 e. The zero-order chi connectivity index (χ0) is 16.8. The van der Waals surface area contributed by atoms with E-state index in [9.17, 15) is 14.7 Å². The van der Waals surface area contributed by atoms with Crippen molar-refractivity contribution in [2.24, 2.45) is 0 Å². The molecule has 2 N–H and O–H groups in total. The van der Waals surface area contributed by atoms with Crippen LogP contribution < -0.4 is 10.1 Å². The molecule has 6 nitrogen and oxygen atoms in total. The van der Waals surface area contributed by atoms with Gasteiger partial charge in [-0.3, -0.25) is 9.59 Å². The normalized spacial score (nSPS) is 15.6. The second kappa shape index (κ2) is 7.85. The van der Waals surface area contributed by atoms with Crippen molar-refractivity contribution in [1.29, 1.82) is 0 Å². The highest BCUT2D eigenvalue weighted by Gasteiger charge is 2.26. The summed E-state index contributed by atoms with van der Waals surface area (Å²) in [4.78, 5) is 25.8. The monoisotopic (exact) mass is 320 g/mol. The number of hydrogen-bond acceptors (Lipinski definition) is 4. The molecule has 0 aromatic heterocycles. The van der Waals surface area contributed by atoms with Gasteiger partial charge in [0.25, 0.3) is 5.91 Å². The quantitative estimate of drug-likeness (QED) is 0.804. The van der Waals surface area contributed by atoms with Gasteiger partial charge in [0.15, 0.2) is 0 Å². The number of hydrogen-bond donors (Lipinski definition) is 2. The van der Waals surface area contributed by atoms with Crippen LogP contribution in [0.3, 0.4) is 0 Å². The lowest BCUT2D eigenvalue weighted by atomic mass is 10.1. The zero-order valence-electron chi connectivity index (χ0n) is 13.7. The molecule has 126 valence electrons. The fraction of sp³-hybridized carbons (Fsp3) is 0.529. The molecule has 1 aliphatic rings. The van der Waals surface area contributed by atoms with Crippen LogP contribution in [0.1, 0.15) is 43.0 Å². The Morgan fingerprint density at radius 1 is 1.48 bits per heavy atom. The van der Waals surface area contributed by atoms with Gasteiger partial charge in [0.1, 0.15) is 11.5 Å². The first-order chi connectivity index (χ1) is 11.1. The van der Waals surface area contributed by atoms with Crippen LogP contribution in [-0.4, -0.2) is 48.1 Å². The summed E-state index contributed by atoms with van der Waals surface area (Å²) in [6, 6.07) is 4.74. The highest BCUT2D eigenvalue weighted by Crippen LogP contribution is 2.23. The molecular formula is C17H24N2O4. The topological polar surface area (TPSA) is 78.9 Å². The molecule has 1 saturated heterocycles. The van der Waals surface area contributed by atoms with Gasteiger partial charge in [-0.15, -0.1) is 0 Å². The van der Waals surface area contributed by atoms with E-state index >= 15 is 0 Å². The summed E-state index contributed by atoms with van der Waals surface area (Å²) in [5.74, 6) is 0.269. The first-order valence-corrected chi connectivity index (χ1v) is 8.01. The minimum absolute atomic E-state index is 0.108. The Bertz CT molecular complexity index is 574. The number of methoxy groups -OCH3 is 1. The van der Waals surface area contributed by atoms with Crippen LogP contribution in [0.25, 0.3) is 0 Å². The van der Waals surface area contributed by atoms with Crippen LogP contribution in [0.15, 0.2) is 18.2 Å². The molecule has 2 rings (SSSR count). The first kappa shape index (κ1) is 17.1. The van der Waals surface area contributed by atoms with Gasteiger partial charge in [0.2, 0.25) is 5.91 Å². The molecule has 1 heterocycles.